The van der Waals surface area contributed by atoms with E-state index in [0.29, 0.717) is 6.54 Å². The summed E-state index contributed by atoms with van der Waals surface area (Å²) in [5.41, 5.74) is 0.889. The molecule has 1 heterocycles. The highest BCUT2D eigenvalue weighted by atomic mass is 19.1. The van der Waals surface area contributed by atoms with Crippen molar-refractivity contribution in [2.75, 3.05) is 39.3 Å². The van der Waals surface area contributed by atoms with Crippen LogP contribution in [0, 0.1) is 5.82 Å². The fourth-order valence-electron chi connectivity index (χ4n) is 2.85. The minimum Gasteiger partial charge on any atom is -0.395 e. The molecule has 0 aromatic heterocycles. The standard InChI is InChI=1S/C17H26FN3O2/c1-13(15-3-5-16(18)6-4-15)19-17(23)14(2)21-9-7-20(8-10-21)11-12-22/h3-6,13-14,22H,7-12H2,1-2H3,(H,19,23). The number of piperazine rings is 1. The molecule has 0 spiro atoms. The maximum absolute atomic E-state index is 13.0. The molecule has 2 unspecified atom stereocenters. The largest absolute Gasteiger partial charge is 0.395 e. The van der Waals surface area contributed by atoms with Gasteiger partial charge in [0.15, 0.2) is 0 Å². The summed E-state index contributed by atoms with van der Waals surface area (Å²) in [5.74, 6) is -0.293. The summed E-state index contributed by atoms with van der Waals surface area (Å²) in [5, 5.41) is 12.0. The van der Waals surface area contributed by atoms with Crippen molar-refractivity contribution in [3.63, 3.8) is 0 Å². The lowest BCUT2D eigenvalue weighted by Crippen LogP contribution is -2.54. The lowest BCUT2D eigenvalue weighted by Gasteiger charge is -2.37. The predicted molar refractivity (Wildman–Crippen MR) is 87.5 cm³/mol. The van der Waals surface area contributed by atoms with E-state index in [0.717, 1.165) is 31.7 Å². The molecule has 0 radical (unpaired) electrons. The summed E-state index contributed by atoms with van der Waals surface area (Å²) in [6.45, 7) is 8.04. The van der Waals surface area contributed by atoms with Gasteiger partial charge >= 0.3 is 0 Å². The maximum atomic E-state index is 13.0. The number of aliphatic hydroxyl groups excluding tert-OH is 1. The van der Waals surface area contributed by atoms with Crippen LogP contribution >= 0.6 is 0 Å². The molecular weight excluding hydrogens is 297 g/mol. The van der Waals surface area contributed by atoms with Gasteiger partial charge in [-0.25, -0.2) is 4.39 Å². The minimum atomic E-state index is -0.276. The monoisotopic (exact) mass is 323 g/mol. The van der Waals surface area contributed by atoms with Gasteiger partial charge in [0, 0.05) is 32.7 Å². The van der Waals surface area contributed by atoms with Crippen LogP contribution in [0.1, 0.15) is 25.5 Å². The van der Waals surface area contributed by atoms with Crippen molar-refractivity contribution < 1.29 is 14.3 Å². The Morgan fingerprint density at radius 3 is 2.39 bits per heavy atom. The van der Waals surface area contributed by atoms with Gasteiger partial charge in [0.25, 0.3) is 0 Å². The van der Waals surface area contributed by atoms with E-state index in [9.17, 15) is 9.18 Å². The molecule has 0 saturated carbocycles. The van der Waals surface area contributed by atoms with Crippen LogP contribution in [0.2, 0.25) is 0 Å². The minimum absolute atomic E-state index is 0.0163. The number of carbonyl (C=O) groups is 1. The molecule has 0 aliphatic carbocycles. The first kappa shape index (κ1) is 17.8. The van der Waals surface area contributed by atoms with Gasteiger partial charge in [-0.3, -0.25) is 14.6 Å². The molecule has 2 N–H and O–H groups in total. The van der Waals surface area contributed by atoms with Crippen molar-refractivity contribution in [2.24, 2.45) is 0 Å². The topological polar surface area (TPSA) is 55.8 Å². The third-order valence-electron chi connectivity index (χ3n) is 4.48. The molecule has 2 rings (SSSR count). The van der Waals surface area contributed by atoms with Crippen LogP contribution in [-0.4, -0.2) is 66.2 Å². The Labute approximate surface area is 137 Å². The SMILES string of the molecule is CC(NC(=O)C(C)N1CCN(CCO)CC1)c1ccc(F)cc1. The fraction of sp³-hybridized carbons (Fsp3) is 0.588. The Kier molecular flexibility index (Phi) is 6.50. The Morgan fingerprint density at radius 1 is 1.22 bits per heavy atom. The molecule has 1 aliphatic rings. The first-order valence-electron chi connectivity index (χ1n) is 8.14. The highest BCUT2D eigenvalue weighted by Crippen LogP contribution is 2.14. The van der Waals surface area contributed by atoms with Crippen LogP contribution in [0.25, 0.3) is 0 Å². The number of amides is 1. The molecular formula is C17H26FN3O2. The molecule has 23 heavy (non-hydrogen) atoms. The number of rotatable bonds is 6. The van der Waals surface area contributed by atoms with Crippen LogP contribution < -0.4 is 5.32 Å². The number of hydrogen-bond donors (Lipinski definition) is 2. The van der Waals surface area contributed by atoms with E-state index < -0.39 is 0 Å². The number of nitrogens with zero attached hydrogens (tertiary/aromatic N) is 2. The lowest BCUT2D eigenvalue weighted by atomic mass is 10.1. The van der Waals surface area contributed by atoms with Crippen LogP contribution in [0.3, 0.4) is 0 Å². The summed E-state index contributed by atoms with van der Waals surface area (Å²) >= 11 is 0. The van der Waals surface area contributed by atoms with Crippen LogP contribution in [0.4, 0.5) is 4.39 Å². The summed E-state index contributed by atoms with van der Waals surface area (Å²) in [7, 11) is 0. The van der Waals surface area contributed by atoms with Crippen molar-refractivity contribution in [3.8, 4) is 0 Å². The summed E-state index contributed by atoms with van der Waals surface area (Å²) < 4.78 is 13.0. The van der Waals surface area contributed by atoms with Gasteiger partial charge in [0.1, 0.15) is 5.82 Å². The summed E-state index contributed by atoms with van der Waals surface area (Å²) in [4.78, 5) is 16.8. The average Bonchev–Trinajstić information content (AvgIpc) is 2.55. The molecule has 1 amide bonds. The molecule has 1 aliphatic heterocycles. The van der Waals surface area contributed by atoms with Gasteiger partial charge in [-0.1, -0.05) is 12.1 Å². The Morgan fingerprint density at radius 2 is 1.83 bits per heavy atom. The van der Waals surface area contributed by atoms with Crippen LogP contribution in [0.15, 0.2) is 24.3 Å². The number of halogens is 1. The van der Waals surface area contributed by atoms with Gasteiger partial charge in [-0.05, 0) is 31.5 Å². The zero-order chi connectivity index (χ0) is 16.8. The summed E-state index contributed by atoms with van der Waals surface area (Å²) in [6, 6.07) is 5.84. The van der Waals surface area contributed by atoms with Gasteiger partial charge in [0.05, 0.1) is 18.7 Å². The predicted octanol–water partition coefficient (Wildman–Crippen LogP) is 1.00. The second-order valence-corrected chi connectivity index (χ2v) is 6.06. The second kappa shape index (κ2) is 8.38. The van der Waals surface area contributed by atoms with E-state index in [2.05, 4.69) is 15.1 Å². The summed E-state index contributed by atoms with van der Waals surface area (Å²) in [6.07, 6.45) is 0. The number of hydrogen-bond acceptors (Lipinski definition) is 4. The maximum Gasteiger partial charge on any atom is 0.237 e. The molecule has 2 atom stereocenters. The zero-order valence-electron chi connectivity index (χ0n) is 13.8. The Bertz CT molecular complexity index is 501. The van der Waals surface area contributed by atoms with E-state index in [1.165, 1.54) is 12.1 Å². The van der Waals surface area contributed by atoms with Crippen molar-refractivity contribution in [3.05, 3.63) is 35.6 Å². The molecule has 0 bridgehead atoms. The lowest BCUT2D eigenvalue weighted by molar-refractivity contribution is -0.127. The number of benzene rings is 1. The normalized spacial score (nSPS) is 19.3. The molecule has 1 aromatic carbocycles. The van der Waals surface area contributed by atoms with Crippen molar-refractivity contribution in [1.82, 2.24) is 15.1 Å². The van der Waals surface area contributed by atoms with E-state index in [1.807, 2.05) is 13.8 Å². The van der Waals surface area contributed by atoms with Crippen LogP contribution in [0.5, 0.6) is 0 Å². The molecule has 1 saturated heterocycles. The average molecular weight is 323 g/mol. The van der Waals surface area contributed by atoms with Crippen molar-refractivity contribution >= 4 is 5.91 Å². The highest BCUT2D eigenvalue weighted by molar-refractivity contribution is 5.81. The quantitative estimate of drug-likeness (QED) is 0.820. The molecule has 1 fully saturated rings. The van der Waals surface area contributed by atoms with Gasteiger partial charge < -0.3 is 10.4 Å². The van der Waals surface area contributed by atoms with E-state index >= 15 is 0 Å². The van der Waals surface area contributed by atoms with E-state index in [4.69, 9.17) is 5.11 Å². The molecule has 6 heteroatoms. The van der Waals surface area contributed by atoms with Crippen molar-refractivity contribution in [2.45, 2.75) is 25.9 Å². The van der Waals surface area contributed by atoms with E-state index in [1.54, 1.807) is 12.1 Å². The molecule has 5 nitrogen and oxygen atoms in total. The third kappa shape index (κ3) is 4.99. The fourth-order valence-corrected chi connectivity index (χ4v) is 2.85. The first-order valence-corrected chi connectivity index (χ1v) is 8.14. The number of nitrogens with one attached hydrogen (secondary N) is 1. The molecule has 1 aromatic rings. The van der Waals surface area contributed by atoms with Gasteiger partial charge in [-0.2, -0.15) is 0 Å². The molecule has 128 valence electrons. The van der Waals surface area contributed by atoms with Crippen molar-refractivity contribution in [1.29, 1.82) is 0 Å². The van der Waals surface area contributed by atoms with Gasteiger partial charge in [0.2, 0.25) is 5.91 Å². The number of aliphatic hydroxyl groups is 1. The third-order valence-corrected chi connectivity index (χ3v) is 4.48. The zero-order valence-corrected chi connectivity index (χ0v) is 13.8. The van der Waals surface area contributed by atoms with E-state index in [-0.39, 0.29) is 30.4 Å². The number of carbonyl (C=O) groups excluding carboxylic acids is 1. The van der Waals surface area contributed by atoms with Crippen LogP contribution in [-0.2, 0) is 4.79 Å². The highest BCUT2D eigenvalue weighted by Gasteiger charge is 2.26. The Balaban J connectivity index is 1.84. The number of β-amino-alcohol motifs (C(OH)–C–C–N with tert-alkyl or cyclic N) is 1. The first-order chi connectivity index (χ1) is 11.0. The van der Waals surface area contributed by atoms with Gasteiger partial charge in [-0.15, -0.1) is 0 Å². The second-order valence-electron chi connectivity index (χ2n) is 6.06. The Hall–Kier alpha value is -1.50. The smallest absolute Gasteiger partial charge is 0.237 e.